The molecule has 0 atom stereocenters. The van der Waals surface area contributed by atoms with Crippen molar-refractivity contribution >= 4 is 11.7 Å². The highest BCUT2D eigenvalue weighted by Crippen LogP contribution is 2.27. The van der Waals surface area contributed by atoms with Gasteiger partial charge in [-0.05, 0) is 41.8 Å². The summed E-state index contributed by atoms with van der Waals surface area (Å²) < 4.78 is 15.2. The lowest BCUT2D eigenvalue weighted by atomic mass is 10.1. The Labute approximate surface area is 163 Å². The molecular weight excluding hydrogens is 355 g/mol. The van der Waals surface area contributed by atoms with Crippen LogP contribution >= 0.6 is 0 Å². The Morgan fingerprint density at radius 1 is 1.18 bits per heavy atom. The number of rotatable bonds is 4. The Kier molecular flexibility index (Phi) is 5.10. The molecule has 2 aromatic carbocycles. The highest BCUT2D eigenvalue weighted by Gasteiger charge is 2.24. The summed E-state index contributed by atoms with van der Waals surface area (Å²) in [4.78, 5) is 14.6. The molecule has 0 saturated carbocycles. The van der Waals surface area contributed by atoms with Gasteiger partial charge in [-0.3, -0.25) is 4.68 Å². The van der Waals surface area contributed by atoms with Gasteiger partial charge in [0.1, 0.15) is 5.82 Å². The molecule has 0 bridgehead atoms. The predicted molar refractivity (Wildman–Crippen MR) is 107 cm³/mol. The minimum absolute atomic E-state index is 0.119. The number of benzene rings is 2. The van der Waals surface area contributed by atoms with Gasteiger partial charge in [-0.2, -0.15) is 5.10 Å². The van der Waals surface area contributed by atoms with Crippen molar-refractivity contribution in [3.63, 3.8) is 0 Å². The average molecular weight is 378 g/mol. The lowest BCUT2D eigenvalue weighted by Crippen LogP contribution is -2.41. The molecule has 0 aliphatic carbocycles. The van der Waals surface area contributed by atoms with Crippen LogP contribution in [-0.2, 0) is 19.5 Å². The minimum Gasteiger partial charge on any atom is -0.317 e. The molecule has 28 heavy (non-hydrogen) atoms. The predicted octanol–water partition coefficient (Wildman–Crippen LogP) is 4.69. The average Bonchev–Trinajstić information content (AvgIpc) is 3.12. The molecule has 0 fully saturated rings. The molecule has 0 spiro atoms. The Hall–Kier alpha value is -3.15. The molecule has 4 rings (SSSR count). The number of halogens is 1. The van der Waals surface area contributed by atoms with E-state index in [2.05, 4.69) is 23.4 Å². The van der Waals surface area contributed by atoms with Crippen molar-refractivity contribution < 1.29 is 9.18 Å². The lowest BCUT2D eigenvalue weighted by molar-refractivity contribution is 0.194. The standard InChI is InChI=1S/C22H23FN4O/c1-2-4-16-5-3-6-19(13-16)25-22(28)26-11-12-27-21(15-26)20(14-24-27)17-7-9-18(23)10-8-17/h3,5-10,13-14H,2,4,11-12,15H2,1H3,(H,25,28). The number of anilines is 1. The molecule has 2 heterocycles. The van der Waals surface area contributed by atoms with Gasteiger partial charge in [-0.25, -0.2) is 9.18 Å². The minimum atomic E-state index is -0.268. The Balaban J connectivity index is 1.50. The summed E-state index contributed by atoms with van der Waals surface area (Å²) in [5.41, 5.74) is 4.83. The molecule has 2 amide bonds. The van der Waals surface area contributed by atoms with Gasteiger partial charge in [-0.1, -0.05) is 37.6 Å². The van der Waals surface area contributed by atoms with Crippen molar-refractivity contribution in [2.24, 2.45) is 0 Å². The Morgan fingerprint density at radius 2 is 2.00 bits per heavy atom. The van der Waals surface area contributed by atoms with E-state index in [1.807, 2.05) is 22.9 Å². The van der Waals surface area contributed by atoms with Crippen LogP contribution in [-0.4, -0.2) is 27.3 Å². The third kappa shape index (κ3) is 3.76. The molecule has 3 aromatic rings. The summed E-state index contributed by atoms with van der Waals surface area (Å²) in [5.74, 6) is -0.268. The van der Waals surface area contributed by atoms with E-state index < -0.39 is 0 Å². The Bertz CT molecular complexity index is 980. The SMILES string of the molecule is CCCc1cccc(NC(=O)N2CCn3ncc(-c4ccc(F)cc4)c3C2)c1. The zero-order valence-corrected chi connectivity index (χ0v) is 15.9. The number of nitrogens with zero attached hydrogens (tertiary/aromatic N) is 3. The first kappa shape index (κ1) is 18.2. The zero-order chi connectivity index (χ0) is 19.5. The zero-order valence-electron chi connectivity index (χ0n) is 15.9. The smallest absolute Gasteiger partial charge is 0.317 e. The Morgan fingerprint density at radius 3 is 2.79 bits per heavy atom. The lowest BCUT2D eigenvalue weighted by Gasteiger charge is -2.28. The first-order valence-electron chi connectivity index (χ1n) is 9.59. The second-order valence-corrected chi connectivity index (χ2v) is 7.04. The van der Waals surface area contributed by atoms with Gasteiger partial charge in [0.25, 0.3) is 0 Å². The number of hydrogen-bond acceptors (Lipinski definition) is 2. The molecule has 5 nitrogen and oxygen atoms in total. The molecule has 1 N–H and O–H groups in total. The fraction of sp³-hybridized carbons (Fsp3) is 0.273. The third-order valence-corrected chi connectivity index (χ3v) is 5.03. The summed E-state index contributed by atoms with van der Waals surface area (Å²) in [6.07, 6.45) is 3.85. The summed E-state index contributed by atoms with van der Waals surface area (Å²) in [7, 11) is 0. The maximum absolute atomic E-state index is 13.2. The van der Waals surface area contributed by atoms with E-state index in [0.717, 1.165) is 35.3 Å². The van der Waals surface area contributed by atoms with Gasteiger partial charge in [0.2, 0.25) is 0 Å². The van der Waals surface area contributed by atoms with Crippen molar-refractivity contribution in [1.82, 2.24) is 14.7 Å². The number of hydrogen-bond donors (Lipinski definition) is 1. The van der Waals surface area contributed by atoms with Crippen LogP contribution in [0.4, 0.5) is 14.9 Å². The molecule has 1 aliphatic heterocycles. The second-order valence-electron chi connectivity index (χ2n) is 7.04. The fourth-order valence-electron chi connectivity index (χ4n) is 3.59. The van der Waals surface area contributed by atoms with E-state index in [0.29, 0.717) is 19.6 Å². The van der Waals surface area contributed by atoms with Crippen molar-refractivity contribution in [2.75, 3.05) is 11.9 Å². The number of carbonyl (C=O) groups is 1. The molecule has 1 aliphatic rings. The van der Waals surface area contributed by atoms with Gasteiger partial charge in [-0.15, -0.1) is 0 Å². The van der Waals surface area contributed by atoms with Crippen LogP contribution in [0.5, 0.6) is 0 Å². The normalized spacial score (nSPS) is 13.3. The monoisotopic (exact) mass is 378 g/mol. The molecule has 1 aromatic heterocycles. The van der Waals surface area contributed by atoms with Gasteiger partial charge in [0, 0.05) is 17.8 Å². The quantitative estimate of drug-likeness (QED) is 0.716. The van der Waals surface area contributed by atoms with Crippen molar-refractivity contribution in [3.05, 3.63) is 71.8 Å². The molecule has 6 heteroatoms. The van der Waals surface area contributed by atoms with Crippen LogP contribution in [0.3, 0.4) is 0 Å². The van der Waals surface area contributed by atoms with Gasteiger partial charge < -0.3 is 10.2 Å². The fourth-order valence-corrected chi connectivity index (χ4v) is 3.59. The van der Waals surface area contributed by atoms with Gasteiger partial charge >= 0.3 is 6.03 Å². The highest BCUT2D eigenvalue weighted by atomic mass is 19.1. The summed E-state index contributed by atoms with van der Waals surface area (Å²) in [6.45, 7) is 3.84. The van der Waals surface area contributed by atoms with Crippen LogP contribution < -0.4 is 5.32 Å². The number of carbonyl (C=O) groups excluding carboxylic acids is 1. The number of fused-ring (bicyclic) bond motifs is 1. The van der Waals surface area contributed by atoms with Gasteiger partial charge in [0.05, 0.1) is 25.0 Å². The van der Waals surface area contributed by atoms with E-state index >= 15 is 0 Å². The topological polar surface area (TPSA) is 50.2 Å². The largest absolute Gasteiger partial charge is 0.322 e. The molecule has 0 unspecified atom stereocenters. The number of aromatic nitrogens is 2. The van der Waals surface area contributed by atoms with E-state index in [1.165, 1.54) is 17.7 Å². The van der Waals surface area contributed by atoms with Gasteiger partial charge in [0.15, 0.2) is 0 Å². The first-order valence-corrected chi connectivity index (χ1v) is 9.59. The summed E-state index contributed by atoms with van der Waals surface area (Å²) in [6, 6.07) is 14.2. The van der Waals surface area contributed by atoms with E-state index in [1.54, 1.807) is 23.2 Å². The number of aryl methyl sites for hydroxylation is 1. The number of urea groups is 1. The number of nitrogens with one attached hydrogen (secondary N) is 1. The van der Waals surface area contributed by atoms with Crippen LogP contribution in [0.15, 0.2) is 54.7 Å². The highest BCUT2D eigenvalue weighted by molar-refractivity contribution is 5.89. The summed E-state index contributed by atoms with van der Waals surface area (Å²) in [5, 5.41) is 7.44. The van der Waals surface area contributed by atoms with E-state index in [9.17, 15) is 9.18 Å². The van der Waals surface area contributed by atoms with Crippen molar-refractivity contribution in [3.8, 4) is 11.1 Å². The van der Waals surface area contributed by atoms with E-state index in [4.69, 9.17) is 0 Å². The van der Waals surface area contributed by atoms with Crippen molar-refractivity contribution in [1.29, 1.82) is 0 Å². The maximum atomic E-state index is 13.2. The van der Waals surface area contributed by atoms with Crippen molar-refractivity contribution in [2.45, 2.75) is 32.9 Å². The number of amides is 2. The first-order chi connectivity index (χ1) is 13.6. The molecular formula is C22H23FN4O. The van der Waals surface area contributed by atoms with Crippen LogP contribution in [0, 0.1) is 5.82 Å². The van der Waals surface area contributed by atoms with Crippen LogP contribution in [0.1, 0.15) is 24.6 Å². The second kappa shape index (κ2) is 7.84. The maximum Gasteiger partial charge on any atom is 0.322 e. The third-order valence-electron chi connectivity index (χ3n) is 5.03. The summed E-state index contributed by atoms with van der Waals surface area (Å²) >= 11 is 0. The van der Waals surface area contributed by atoms with Crippen LogP contribution in [0.2, 0.25) is 0 Å². The molecule has 0 radical (unpaired) electrons. The van der Waals surface area contributed by atoms with E-state index in [-0.39, 0.29) is 11.8 Å². The molecule has 0 saturated heterocycles. The molecule has 144 valence electrons. The van der Waals surface area contributed by atoms with Crippen LogP contribution in [0.25, 0.3) is 11.1 Å².